The highest BCUT2D eigenvalue weighted by Gasteiger charge is 1.91. The van der Waals surface area contributed by atoms with Crippen molar-refractivity contribution in [2.45, 2.75) is 30.6 Å². The smallest absolute Gasteiger partial charge is 0.155 e. The number of carbonyl (C=O) groups excluding carboxylic acids is 1. The minimum atomic E-state index is 0.363. The summed E-state index contributed by atoms with van der Waals surface area (Å²) >= 11 is 0.732. The van der Waals surface area contributed by atoms with Crippen LogP contribution in [0.1, 0.15) is 25.7 Å². The van der Waals surface area contributed by atoms with Gasteiger partial charge >= 0.3 is 0 Å². The Labute approximate surface area is 122 Å². The van der Waals surface area contributed by atoms with Crippen LogP contribution in [0.25, 0.3) is 0 Å². The molecule has 0 saturated carbocycles. The van der Waals surface area contributed by atoms with E-state index >= 15 is 0 Å². The van der Waals surface area contributed by atoms with Crippen molar-refractivity contribution in [3.8, 4) is 5.75 Å². The predicted molar refractivity (Wildman–Crippen MR) is 77.8 cm³/mol. The van der Waals surface area contributed by atoms with Gasteiger partial charge in [0.15, 0.2) is 5.34 Å². The van der Waals surface area contributed by atoms with E-state index < -0.39 is 0 Å². The quantitative estimate of drug-likeness (QED) is 0.246. The topological polar surface area (TPSA) is 85.2 Å². The maximum Gasteiger partial charge on any atom is 0.155 e. The van der Waals surface area contributed by atoms with Crippen LogP contribution >= 0.6 is 12.0 Å². The summed E-state index contributed by atoms with van der Waals surface area (Å²) in [7, 11) is 1.61. The van der Waals surface area contributed by atoms with Crippen molar-refractivity contribution in [2.24, 2.45) is 5.34 Å². The van der Waals surface area contributed by atoms with Crippen LogP contribution in [0.3, 0.4) is 0 Å². The Balaban J connectivity index is 0.000000361. The molecule has 1 N–H and O–H groups in total. The van der Waals surface area contributed by atoms with Crippen molar-refractivity contribution in [3.05, 3.63) is 29.2 Å². The molecule has 0 radical (unpaired) electrons. The minimum Gasteiger partial charge on any atom is -0.497 e. The first kappa shape index (κ1) is 18.4. The molecule has 0 aliphatic heterocycles. The number of hydrogen-bond acceptors (Lipinski definition) is 7. The van der Waals surface area contributed by atoms with E-state index in [-0.39, 0.29) is 0 Å². The minimum absolute atomic E-state index is 0.363. The van der Waals surface area contributed by atoms with E-state index in [4.69, 9.17) is 9.29 Å². The Morgan fingerprint density at radius 2 is 1.95 bits per heavy atom. The third kappa shape index (κ3) is 10.3. The molecule has 0 atom stereocenters. The Kier molecular flexibility index (Phi) is 12.7. The van der Waals surface area contributed by atoms with Gasteiger partial charge in [0.05, 0.1) is 7.11 Å². The maximum absolute atomic E-state index is 9.79. The second-order valence-corrected chi connectivity index (χ2v) is 4.34. The predicted octanol–water partition coefficient (Wildman–Crippen LogP) is 3.70. The molecule has 112 valence electrons. The molecule has 1 aromatic carbocycles. The standard InChI is InChI=1S/C7H8O2S.C6H11NO3/c1-9-6-2-4-7(10-8)5-3-6;8-5-3-1-2-4-6-10-7-9/h2-5,8H,1H3;5H,1-4,6H2. The molecule has 0 spiro atoms. The Morgan fingerprint density at radius 1 is 1.25 bits per heavy atom. The third-order valence-electron chi connectivity index (χ3n) is 2.28. The highest BCUT2D eigenvalue weighted by molar-refractivity contribution is 7.93. The van der Waals surface area contributed by atoms with Crippen LogP contribution < -0.4 is 4.74 Å². The molecule has 0 unspecified atom stereocenters. The van der Waals surface area contributed by atoms with Gasteiger partial charge in [0.2, 0.25) is 0 Å². The number of unbranched alkanes of at least 4 members (excludes halogenated alkanes) is 3. The molecule has 7 heteroatoms. The average Bonchev–Trinajstić information content (AvgIpc) is 2.51. The lowest BCUT2D eigenvalue weighted by Gasteiger charge is -1.98. The van der Waals surface area contributed by atoms with Crippen molar-refractivity contribution >= 4 is 18.3 Å². The van der Waals surface area contributed by atoms with Gasteiger partial charge in [0.25, 0.3) is 0 Å². The summed E-state index contributed by atoms with van der Waals surface area (Å²) in [6.45, 7) is 0.363. The van der Waals surface area contributed by atoms with Crippen LogP contribution in [0.4, 0.5) is 0 Å². The number of ether oxygens (including phenoxy) is 1. The van der Waals surface area contributed by atoms with Gasteiger partial charge < -0.3 is 18.9 Å². The summed E-state index contributed by atoms with van der Waals surface area (Å²) in [6, 6.07) is 7.20. The average molecular weight is 301 g/mol. The second kappa shape index (κ2) is 13.8. The van der Waals surface area contributed by atoms with E-state index in [0.29, 0.717) is 13.0 Å². The molecule has 20 heavy (non-hydrogen) atoms. The fraction of sp³-hybridized carbons (Fsp3) is 0.462. The van der Waals surface area contributed by atoms with Crippen molar-refractivity contribution in [1.82, 2.24) is 0 Å². The lowest BCUT2D eigenvalue weighted by molar-refractivity contribution is -0.107. The Bertz CT molecular complexity index is 323. The number of aldehydes is 1. The van der Waals surface area contributed by atoms with Crippen LogP contribution in [-0.4, -0.2) is 24.6 Å². The van der Waals surface area contributed by atoms with E-state index in [2.05, 4.69) is 10.2 Å². The van der Waals surface area contributed by atoms with Crippen LogP contribution in [0.2, 0.25) is 0 Å². The van der Waals surface area contributed by atoms with Crippen molar-refractivity contribution in [1.29, 1.82) is 0 Å². The number of nitrogens with zero attached hydrogens (tertiary/aromatic N) is 1. The third-order valence-corrected chi connectivity index (χ3v) is 2.76. The van der Waals surface area contributed by atoms with E-state index in [1.54, 1.807) is 31.4 Å². The first-order chi connectivity index (χ1) is 9.78. The molecule has 0 saturated heterocycles. The first-order valence-corrected chi connectivity index (χ1v) is 6.89. The van der Waals surface area contributed by atoms with Gasteiger partial charge in [-0.1, -0.05) is 0 Å². The van der Waals surface area contributed by atoms with Crippen LogP contribution in [0, 0.1) is 4.91 Å². The molecule has 0 amide bonds. The molecule has 0 bridgehead atoms. The monoisotopic (exact) mass is 301 g/mol. The SMILES string of the molecule is COc1ccc(SO)cc1.O=CCCCCCON=O. The van der Waals surface area contributed by atoms with E-state index in [0.717, 1.165) is 48.2 Å². The zero-order valence-electron chi connectivity index (χ0n) is 11.4. The normalized spacial score (nSPS) is 9.10. The molecule has 1 aromatic rings. The Hall–Kier alpha value is -1.60. The van der Waals surface area contributed by atoms with Crippen molar-refractivity contribution < 1.29 is 18.9 Å². The fourth-order valence-corrected chi connectivity index (χ4v) is 1.50. The number of methoxy groups -OCH3 is 1. The molecule has 0 aliphatic rings. The maximum atomic E-state index is 9.79. The molecule has 0 fully saturated rings. The van der Waals surface area contributed by atoms with Gasteiger partial charge in [-0.25, -0.2) is 0 Å². The fourth-order valence-electron chi connectivity index (χ4n) is 1.24. The lowest BCUT2D eigenvalue weighted by Crippen LogP contribution is -1.87. The van der Waals surface area contributed by atoms with Gasteiger partial charge in [-0.3, -0.25) is 0 Å². The highest BCUT2D eigenvalue weighted by Crippen LogP contribution is 2.17. The zero-order chi connectivity index (χ0) is 15.1. The molecule has 0 heterocycles. The first-order valence-electron chi connectivity index (χ1n) is 6.12. The summed E-state index contributed by atoms with van der Waals surface area (Å²) < 4.78 is 13.5. The summed E-state index contributed by atoms with van der Waals surface area (Å²) in [4.78, 5) is 24.2. The van der Waals surface area contributed by atoms with Crippen molar-refractivity contribution in [3.63, 3.8) is 0 Å². The van der Waals surface area contributed by atoms with E-state index in [1.165, 1.54) is 0 Å². The van der Waals surface area contributed by atoms with Crippen LogP contribution in [0.5, 0.6) is 5.75 Å². The molecule has 0 aromatic heterocycles. The molecule has 1 rings (SSSR count). The number of rotatable bonds is 9. The second-order valence-electron chi connectivity index (χ2n) is 3.69. The summed E-state index contributed by atoms with van der Waals surface area (Å²) in [5, 5.41) is 2.23. The largest absolute Gasteiger partial charge is 0.497 e. The highest BCUT2D eigenvalue weighted by atomic mass is 32.2. The van der Waals surface area contributed by atoms with Crippen LogP contribution in [0.15, 0.2) is 34.5 Å². The lowest BCUT2D eigenvalue weighted by atomic mass is 10.2. The molecule has 6 nitrogen and oxygen atoms in total. The Morgan fingerprint density at radius 3 is 2.45 bits per heavy atom. The van der Waals surface area contributed by atoms with Gasteiger partial charge in [-0.2, -0.15) is 0 Å². The molecule has 0 aliphatic carbocycles. The van der Waals surface area contributed by atoms with Gasteiger partial charge in [-0.05, 0) is 43.5 Å². The summed E-state index contributed by atoms with van der Waals surface area (Å²) in [5.41, 5.74) is 0. The zero-order valence-corrected chi connectivity index (χ0v) is 12.2. The van der Waals surface area contributed by atoms with Crippen LogP contribution in [-0.2, 0) is 9.63 Å². The molecular formula is C13H19NO5S. The number of carbonyl (C=O) groups is 1. The number of benzene rings is 1. The van der Waals surface area contributed by atoms with Gasteiger partial charge in [0.1, 0.15) is 18.6 Å². The van der Waals surface area contributed by atoms with E-state index in [1.807, 2.05) is 0 Å². The summed E-state index contributed by atoms with van der Waals surface area (Å²) in [5.74, 6) is 0.804. The molecular weight excluding hydrogens is 282 g/mol. The van der Waals surface area contributed by atoms with Gasteiger partial charge in [0, 0.05) is 23.4 Å². The van der Waals surface area contributed by atoms with E-state index in [9.17, 15) is 9.70 Å². The van der Waals surface area contributed by atoms with Gasteiger partial charge in [-0.15, -0.1) is 4.91 Å². The number of hydrogen-bond donors (Lipinski definition) is 1. The summed E-state index contributed by atoms with van der Waals surface area (Å²) in [6.07, 6.45) is 4.05. The van der Waals surface area contributed by atoms with Crippen molar-refractivity contribution in [2.75, 3.05) is 13.7 Å².